The predicted octanol–water partition coefficient (Wildman–Crippen LogP) is 3.63. The molecule has 0 aliphatic rings. The number of hydrogen-bond donors (Lipinski definition) is 0. The van der Waals surface area contributed by atoms with Crippen LogP contribution in [0.15, 0.2) is 24.3 Å². The SMILES string of the molecule is C=C(C)C(=O)OCC/C=C/CCCCC. The van der Waals surface area contributed by atoms with Crippen molar-refractivity contribution in [2.45, 2.75) is 46.0 Å². The molecule has 2 nitrogen and oxygen atoms in total. The van der Waals surface area contributed by atoms with Gasteiger partial charge in [0.05, 0.1) is 6.61 Å². The second-order valence-corrected chi connectivity index (χ2v) is 3.67. The summed E-state index contributed by atoms with van der Waals surface area (Å²) in [6, 6.07) is 0. The van der Waals surface area contributed by atoms with Crippen LogP contribution in [-0.2, 0) is 9.53 Å². The fourth-order valence-corrected chi connectivity index (χ4v) is 1.09. The molecule has 0 saturated carbocycles. The fourth-order valence-electron chi connectivity index (χ4n) is 1.09. The van der Waals surface area contributed by atoms with Gasteiger partial charge in [0, 0.05) is 5.57 Å². The minimum atomic E-state index is -0.297. The van der Waals surface area contributed by atoms with Gasteiger partial charge < -0.3 is 4.74 Å². The van der Waals surface area contributed by atoms with Crippen molar-refractivity contribution >= 4 is 5.97 Å². The molecule has 0 saturated heterocycles. The zero-order valence-electron chi connectivity index (χ0n) is 9.92. The van der Waals surface area contributed by atoms with E-state index >= 15 is 0 Å². The van der Waals surface area contributed by atoms with E-state index in [1.165, 1.54) is 19.3 Å². The van der Waals surface area contributed by atoms with Crippen molar-refractivity contribution < 1.29 is 9.53 Å². The molecule has 0 aromatic heterocycles. The standard InChI is InChI=1S/C13H22O2/c1-4-5-6-7-8-9-10-11-15-13(14)12(2)3/h8-9H,2,4-7,10-11H2,1,3H3/b9-8+. The average molecular weight is 210 g/mol. The molecule has 0 aromatic rings. The van der Waals surface area contributed by atoms with Gasteiger partial charge >= 0.3 is 5.97 Å². The van der Waals surface area contributed by atoms with Crippen LogP contribution in [0, 0.1) is 0 Å². The van der Waals surface area contributed by atoms with Gasteiger partial charge in [0.1, 0.15) is 0 Å². The van der Waals surface area contributed by atoms with Gasteiger partial charge in [-0.15, -0.1) is 0 Å². The first-order valence-electron chi connectivity index (χ1n) is 5.66. The average Bonchev–Trinajstić information content (AvgIpc) is 2.21. The number of carbonyl (C=O) groups is 1. The number of unbranched alkanes of at least 4 members (excludes halogenated alkanes) is 3. The Bertz CT molecular complexity index is 217. The van der Waals surface area contributed by atoms with E-state index in [9.17, 15) is 4.79 Å². The number of hydrogen-bond acceptors (Lipinski definition) is 2. The molecule has 0 fully saturated rings. The van der Waals surface area contributed by atoms with Crippen molar-refractivity contribution in [2.75, 3.05) is 6.61 Å². The van der Waals surface area contributed by atoms with Crippen LogP contribution in [0.3, 0.4) is 0 Å². The molecule has 0 bridgehead atoms. The number of rotatable bonds is 8. The van der Waals surface area contributed by atoms with Crippen LogP contribution >= 0.6 is 0 Å². The van der Waals surface area contributed by atoms with Crippen LogP contribution in [0.1, 0.15) is 46.0 Å². The third kappa shape index (κ3) is 9.26. The van der Waals surface area contributed by atoms with E-state index in [2.05, 4.69) is 25.7 Å². The Kier molecular flexibility index (Phi) is 8.84. The first-order chi connectivity index (χ1) is 7.18. The Morgan fingerprint density at radius 3 is 2.53 bits per heavy atom. The molecule has 0 N–H and O–H groups in total. The Hall–Kier alpha value is -1.05. The molecule has 2 heteroatoms. The maximum atomic E-state index is 11.0. The molecule has 0 aliphatic heterocycles. The predicted molar refractivity (Wildman–Crippen MR) is 63.7 cm³/mol. The summed E-state index contributed by atoms with van der Waals surface area (Å²) in [5, 5.41) is 0. The molecule has 0 heterocycles. The summed E-state index contributed by atoms with van der Waals surface area (Å²) in [6.07, 6.45) is 9.94. The second kappa shape index (κ2) is 9.50. The van der Waals surface area contributed by atoms with Crippen LogP contribution in [-0.4, -0.2) is 12.6 Å². The Balaban J connectivity index is 3.30. The molecule has 0 unspecified atom stereocenters. The summed E-state index contributed by atoms with van der Waals surface area (Å²) in [5.41, 5.74) is 0.460. The number of esters is 1. The van der Waals surface area contributed by atoms with Gasteiger partial charge in [-0.3, -0.25) is 0 Å². The lowest BCUT2D eigenvalue weighted by atomic mass is 10.2. The molecular weight excluding hydrogens is 188 g/mol. The molecule has 15 heavy (non-hydrogen) atoms. The zero-order chi connectivity index (χ0) is 11.5. The van der Waals surface area contributed by atoms with Crippen molar-refractivity contribution in [3.05, 3.63) is 24.3 Å². The van der Waals surface area contributed by atoms with E-state index in [4.69, 9.17) is 4.74 Å². The van der Waals surface area contributed by atoms with Crippen molar-refractivity contribution in [3.8, 4) is 0 Å². The van der Waals surface area contributed by atoms with E-state index in [-0.39, 0.29) is 5.97 Å². The van der Waals surface area contributed by atoms with E-state index in [1.807, 2.05) is 0 Å². The van der Waals surface area contributed by atoms with E-state index in [0.717, 1.165) is 12.8 Å². The lowest BCUT2D eigenvalue weighted by Gasteiger charge is -2.00. The third-order valence-electron chi connectivity index (χ3n) is 2.01. The molecule has 86 valence electrons. The van der Waals surface area contributed by atoms with Crippen molar-refractivity contribution in [2.24, 2.45) is 0 Å². The lowest BCUT2D eigenvalue weighted by Crippen LogP contribution is -2.05. The molecule has 0 rings (SSSR count). The monoisotopic (exact) mass is 210 g/mol. The van der Waals surface area contributed by atoms with Crippen LogP contribution < -0.4 is 0 Å². The largest absolute Gasteiger partial charge is 0.462 e. The van der Waals surface area contributed by atoms with Crippen molar-refractivity contribution in [1.29, 1.82) is 0 Å². The Morgan fingerprint density at radius 2 is 1.93 bits per heavy atom. The van der Waals surface area contributed by atoms with Crippen LogP contribution in [0.25, 0.3) is 0 Å². The lowest BCUT2D eigenvalue weighted by molar-refractivity contribution is -0.138. The summed E-state index contributed by atoms with van der Waals surface area (Å²) < 4.78 is 4.94. The highest BCUT2D eigenvalue weighted by molar-refractivity contribution is 5.86. The number of carbonyl (C=O) groups excluding carboxylic acids is 1. The van der Waals surface area contributed by atoms with E-state index in [1.54, 1.807) is 6.92 Å². The normalized spacial score (nSPS) is 10.5. The van der Waals surface area contributed by atoms with Gasteiger partial charge in [0.15, 0.2) is 0 Å². The minimum absolute atomic E-state index is 0.297. The third-order valence-corrected chi connectivity index (χ3v) is 2.01. The fraction of sp³-hybridized carbons (Fsp3) is 0.615. The number of ether oxygens (including phenoxy) is 1. The summed E-state index contributed by atoms with van der Waals surface area (Å²) in [6.45, 7) is 7.82. The summed E-state index contributed by atoms with van der Waals surface area (Å²) in [7, 11) is 0. The van der Waals surface area contributed by atoms with Gasteiger partial charge in [-0.25, -0.2) is 4.79 Å². The number of allylic oxidation sites excluding steroid dienone is 1. The second-order valence-electron chi connectivity index (χ2n) is 3.67. The van der Waals surface area contributed by atoms with Crippen molar-refractivity contribution in [1.82, 2.24) is 0 Å². The topological polar surface area (TPSA) is 26.3 Å². The van der Waals surface area contributed by atoms with Gasteiger partial charge in [-0.1, -0.05) is 38.5 Å². The highest BCUT2D eigenvalue weighted by atomic mass is 16.5. The van der Waals surface area contributed by atoms with E-state index in [0.29, 0.717) is 12.2 Å². The van der Waals surface area contributed by atoms with Gasteiger partial charge in [0.25, 0.3) is 0 Å². The smallest absolute Gasteiger partial charge is 0.333 e. The van der Waals surface area contributed by atoms with Crippen LogP contribution in [0.5, 0.6) is 0 Å². The molecular formula is C13H22O2. The summed E-state index contributed by atoms with van der Waals surface area (Å²) in [4.78, 5) is 11.0. The van der Waals surface area contributed by atoms with Crippen LogP contribution in [0.4, 0.5) is 0 Å². The zero-order valence-corrected chi connectivity index (χ0v) is 9.92. The maximum absolute atomic E-state index is 11.0. The minimum Gasteiger partial charge on any atom is -0.462 e. The molecule has 0 radical (unpaired) electrons. The first-order valence-corrected chi connectivity index (χ1v) is 5.66. The Labute approximate surface area is 93.0 Å². The quantitative estimate of drug-likeness (QED) is 0.265. The molecule has 0 spiro atoms. The molecule has 0 aromatic carbocycles. The van der Waals surface area contributed by atoms with Crippen molar-refractivity contribution in [3.63, 3.8) is 0 Å². The molecule has 0 atom stereocenters. The molecule has 0 aliphatic carbocycles. The van der Waals surface area contributed by atoms with Gasteiger partial charge in [-0.2, -0.15) is 0 Å². The first kappa shape index (κ1) is 13.9. The van der Waals surface area contributed by atoms with Crippen LogP contribution in [0.2, 0.25) is 0 Å². The summed E-state index contributed by atoms with van der Waals surface area (Å²) >= 11 is 0. The van der Waals surface area contributed by atoms with Gasteiger partial charge in [0.2, 0.25) is 0 Å². The summed E-state index contributed by atoms with van der Waals surface area (Å²) in [5.74, 6) is -0.297. The van der Waals surface area contributed by atoms with Gasteiger partial charge in [-0.05, 0) is 26.2 Å². The van der Waals surface area contributed by atoms with E-state index < -0.39 is 0 Å². The highest BCUT2D eigenvalue weighted by Gasteiger charge is 2.00. The molecule has 0 amide bonds. The Morgan fingerprint density at radius 1 is 1.27 bits per heavy atom. The maximum Gasteiger partial charge on any atom is 0.333 e. The highest BCUT2D eigenvalue weighted by Crippen LogP contribution is 2.00.